The predicted molar refractivity (Wildman–Crippen MR) is 83.1 cm³/mol. The second-order valence-electron chi connectivity index (χ2n) is 4.40. The molecule has 0 heterocycles. The average Bonchev–Trinajstić information content (AvgIpc) is 2.41. The molecule has 0 bridgehead atoms. The molecule has 0 radical (unpaired) electrons. The molecule has 0 spiro atoms. The van der Waals surface area contributed by atoms with Crippen LogP contribution >= 0.6 is 15.9 Å². The maximum Gasteiger partial charge on any atom is 0.335 e. The van der Waals surface area contributed by atoms with E-state index in [2.05, 4.69) is 20.7 Å². The third-order valence-corrected chi connectivity index (χ3v) is 5.07. The van der Waals surface area contributed by atoms with Gasteiger partial charge in [-0.1, -0.05) is 22.0 Å². The highest BCUT2D eigenvalue weighted by Crippen LogP contribution is 2.22. The maximum absolute atomic E-state index is 12.3. The van der Waals surface area contributed by atoms with Crippen LogP contribution in [0.15, 0.2) is 51.8 Å². The monoisotopic (exact) mass is 369 g/mol. The predicted octanol–water partition coefficient (Wildman–Crippen LogP) is 3.26. The zero-order valence-electron chi connectivity index (χ0n) is 11.0. The Morgan fingerprint density at radius 1 is 1.19 bits per heavy atom. The number of carbonyl (C=O) groups is 1. The molecule has 0 amide bonds. The molecule has 21 heavy (non-hydrogen) atoms. The van der Waals surface area contributed by atoms with Crippen molar-refractivity contribution in [2.45, 2.75) is 11.8 Å². The smallest absolute Gasteiger partial charge is 0.335 e. The van der Waals surface area contributed by atoms with E-state index in [9.17, 15) is 13.2 Å². The van der Waals surface area contributed by atoms with E-state index >= 15 is 0 Å². The molecule has 7 heteroatoms. The summed E-state index contributed by atoms with van der Waals surface area (Å²) in [5.41, 5.74) is 1.01. The molecule has 0 saturated carbocycles. The fourth-order valence-corrected chi connectivity index (χ4v) is 3.09. The number of nitrogens with one attached hydrogen (secondary N) is 1. The summed E-state index contributed by atoms with van der Waals surface area (Å²) in [4.78, 5) is 11.0. The zero-order chi connectivity index (χ0) is 15.6. The number of hydrogen-bond acceptors (Lipinski definition) is 3. The van der Waals surface area contributed by atoms with Crippen LogP contribution in [0.4, 0.5) is 5.69 Å². The molecular formula is C14H12BrNO4S. The third-order valence-electron chi connectivity index (χ3n) is 2.80. The van der Waals surface area contributed by atoms with Crippen molar-refractivity contribution in [2.24, 2.45) is 0 Å². The van der Waals surface area contributed by atoms with Gasteiger partial charge in [-0.15, -0.1) is 0 Å². The molecule has 2 aromatic carbocycles. The molecule has 0 fully saturated rings. The minimum Gasteiger partial charge on any atom is -0.478 e. The second kappa shape index (κ2) is 5.87. The van der Waals surface area contributed by atoms with Gasteiger partial charge in [0.1, 0.15) is 0 Å². The van der Waals surface area contributed by atoms with E-state index in [-0.39, 0.29) is 16.1 Å². The van der Waals surface area contributed by atoms with Gasteiger partial charge in [0.2, 0.25) is 0 Å². The van der Waals surface area contributed by atoms with Crippen LogP contribution in [0.1, 0.15) is 15.9 Å². The molecule has 5 nitrogen and oxygen atoms in total. The van der Waals surface area contributed by atoms with E-state index in [1.165, 1.54) is 36.4 Å². The van der Waals surface area contributed by atoms with E-state index in [0.29, 0.717) is 0 Å². The van der Waals surface area contributed by atoms with Gasteiger partial charge in [0.25, 0.3) is 10.0 Å². The maximum atomic E-state index is 12.3. The van der Waals surface area contributed by atoms with Crippen molar-refractivity contribution in [3.05, 3.63) is 58.1 Å². The Labute approximate surface area is 130 Å². The minimum absolute atomic E-state index is 0.0159. The first-order valence-corrected chi connectivity index (χ1v) is 8.19. The molecule has 0 aliphatic heterocycles. The van der Waals surface area contributed by atoms with Crippen molar-refractivity contribution in [1.82, 2.24) is 0 Å². The molecule has 2 rings (SSSR count). The first-order valence-electron chi connectivity index (χ1n) is 5.92. The number of rotatable bonds is 4. The van der Waals surface area contributed by atoms with E-state index in [0.717, 1.165) is 10.0 Å². The summed E-state index contributed by atoms with van der Waals surface area (Å²) in [7, 11) is -3.76. The molecule has 0 atom stereocenters. The second-order valence-corrected chi connectivity index (χ2v) is 6.94. The fourth-order valence-electron chi connectivity index (χ4n) is 1.71. The molecule has 0 aliphatic carbocycles. The van der Waals surface area contributed by atoms with Crippen molar-refractivity contribution in [3.8, 4) is 0 Å². The minimum atomic E-state index is -3.76. The summed E-state index contributed by atoms with van der Waals surface area (Å²) in [6, 6.07) is 10.3. The van der Waals surface area contributed by atoms with Gasteiger partial charge in [0, 0.05) is 10.2 Å². The van der Waals surface area contributed by atoms with Gasteiger partial charge in [0.15, 0.2) is 0 Å². The van der Waals surface area contributed by atoms with Crippen LogP contribution in [0.5, 0.6) is 0 Å². The SMILES string of the molecule is Cc1cc(S(=O)(=O)Nc2cccc(C(=O)O)c2)ccc1Br. The summed E-state index contributed by atoms with van der Waals surface area (Å²) in [5, 5.41) is 8.91. The van der Waals surface area contributed by atoms with Crippen LogP contribution in [0.3, 0.4) is 0 Å². The Hall–Kier alpha value is -1.86. The van der Waals surface area contributed by atoms with Crippen molar-refractivity contribution in [1.29, 1.82) is 0 Å². The van der Waals surface area contributed by atoms with E-state index in [1.807, 2.05) is 0 Å². The van der Waals surface area contributed by atoms with Crippen LogP contribution in [0.2, 0.25) is 0 Å². The van der Waals surface area contributed by atoms with Crippen molar-refractivity contribution >= 4 is 37.6 Å². The van der Waals surface area contributed by atoms with Gasteiger partial charge in [-0.3, -0.25) is 4.72 Å². The number of sulfonamides is 1. The lowest BCUT2D eigenvalue weighted by atomic mass is 10.2. The van der Waals surface area contributed by atoms with Gasteiger partial charge in [-0.25, -0.2) is 13.2 Å². The Balaban J connectivity index is 2.35. The summed E-state index contributed by atoms with van der Waals surface area (Å²) < 4.78 is 27.7. The van der Waals surface area contributed by atoms with E-state index in [1.54, 1.807) is 13.0 Å². The van der Waals surface area contributed by atoms with Gasteiger partial charge in [-0.2, -0.15) is 0 Å². The average molecular weight is 370 g/mol. The highest BCUT2D eigenvalue weighted by molar-refractivity contribution is 9.10. The third kappa shape index (κ3) is 3.62. The molecule has 0 aromatic heterocycles. The Morgan fingerprint density at radius 3 is 2.52 bits per heavy atom. The lowest BCUT2D eigenvalue weighted by Gasteiger charge is -2.10. The normalized spacial score (nSPS) is 11.1. The van der Waals surface area contributed by atoms with Crippen LogP contribution in [-0.4, -0.2) is 19.5 Å². The van der Waals surface area contributed by atoms with Crippen LogP contribution in [0.25, 0.3) is 0 Å². The number of carboxylic acids is 1. The summed E-state index contributed by atoms with van der Waals surface area (Å²) in [5.74, 6) is -1.12. The number of carboxylic acid groups (broad SMARTS) is 1. The summed E-state index contributed by atoms with van der Waals surface area (Å²) in [6.07, 6.45) is 0. The molecule has 0 aliphatic rings. The molecule has 0 unspecified atom stereocenters. The number of hydrogen-bond donors (Lipinski definition) is 2. The Kier molecular flexibility index (Phi) is 4.34. The largest absolute Gasteiger partial charge is 0.478 e. The van der Waals surface area contributed by atoms with Crippen molar-refractivity contribution in [2.75, 3.05) is 4.72 Å². The first kappa shape index (κ1) is 15.5. The topological polar surface area (TPSA) is 83.5 Å². The van der Waals surface area contributed by atoms with Gasteiger partial charge >= 0.3 is 5.97 Å². The van der Waals surface area contributed by atoms with E-state index in [4.69, 9.17) is 5.11 Å². The molecule has 2 N–H and O–H groups in total. The molecular weight excluding hydrogens is 358 g/mol. The van der Waals surface area contributed by atoms with E-state index < -0.39 is 16.0 Å². The highest BCUT2D eigenvalue weighted by atomic mass is 79.9. The first-order chi connectivity index (χ1) is 9.79. The van der Waals surface area contributed by atoms with Gasteiger partial charge < -0.3 is 5.11 Å². The van der Waals surface area contributed by atoms with Crippen molar-refractivity contribution < 1.29 is 18.3 Å². The van der Waals surface area contributed by atoms with Gasteiger partial charge in [0.05, 0.1) is 10.5 Å². The lowest BCUT2D eigenvalue weighted by molar-refractivity contribution is 0.0697. The summed E-state index contributed by atoms with van der Waals surface area (Å²) >= 11 is 3.31. The summed E-state index contributed by atoms with van der Waals surface area (Å²) in [6.45, 7) is 1.79. The quantitative estimate of drug-likeness (QED) is 0.866. The zero-order valence-corrected chi connectivity index (χ0v) is 13.4. The van der Waals surface area contributed by atoms with Crippen LogP contribution in [0, 0.1) is 6.92 Å². The number of aromatic carboxylic acids is 1. The number of aryl methyl sites for hydroxylation is 1. The molecule has 110 valence electrons. The van der Waals surface area contributed by atoms with Crippen molar-refractivity contribution in [3.63, 3.8) is 0 Å². The standard InChI is InChI=1S/C14H12BrNO4S/c1-9-7-12(5-6-13(9)15)21(19,20)16-11-4-2-3-10(8-11)14(17)18/h2-8,16H,1H3,(H,17,18). The number of anilines is 1. The lowest BCUT2D eigenvalue weighted by Crippen LogP contribution is -2.13. The number of halogens is 1. The fraction of sp³-hybridized carbons (Fsp3) is 0.0714. The Morgan fingerprint density at radius 2 is 1.90 bits per heavy atom. The van der Waals surface area contributed by atoms with Gasteiger partial charge in [-0.05, 0) is 48.9 Å². The molecule has 0 saturated heterocycles. The van der Waals surface area contributed by atoms with Crippen LogP contribution < -0.4 is 4.72 Å². The van der Waals surface area contributed by atoms with Crippen LogP contribution in [-0.2, 0) is 10.0 Å². The Bertz CT molecular complexity index is 802. The number of benzene rings is 2. The molecule has 2 aromatic rings. The highest BCUT2D eigenvalue weighted by Gasteiger charge is 2.15.